The maximum Gasteiger partial charge on any atom is 0.291 e. The molecule has 0 fully saturated rings. The van der Waals surface area contributed by atoms with Crippen LogP contribution in [0.1, 0.15) is 40.2 Å². The van der Waals surface area contributed by atoms with E-state index >= 15 is 0 Å². The molecule has 1 aliphatic carbocycles. The predicted molar refractivity (Wildman–Crippen MR) is 102 cm³/mol. The largest absolute Gasteiger partial charge is 0.394 e. The first-order chi connectivity index (χ1) is 13.1. The Labute approximate surface area is 160 Å². The van der Waals surface area contributed by atoms with Gasteiger partial charge in [0, 0.05) is 11.4 Å². The number of ether oxygens (including phenoxy) is 1. The van der Waals surface area contributed by atoms with Gasteiger partial charge in [-0.1, -0.05) is 6.92 Å². The third kappa shape index (κ3) is 3.42. The van der Waals surface area contributed by atoms with E-state index in [4.69, 9.17) is 14.8 Å². The van der Waals surface area contributed by atoms with Crippen molar-refractivity contribution in [1.82, 2.24) is 24.9 Å². The van der Waals surface area contributed by atoms with Gasteiger partial charge in [-0.3, -0.25) is 4.79 Å². The average Bonchev–Trinajstić information content (AvgIpc) is 3.23. The molecular weight excluding hydrogens is 366 g/mol. The fourth-order valence-electron chi connectivity index (χ4n) is 3.53. The number of thiophene rings is 1. The average molecular weight is 389 g/mol. The molecule has 0 unspecified atom stereocenters. The molecule has 27 heavy (non-hydrogen) atoms. The summed E-state index contributed by atoms with van der Waals surface area (Å²) in [5, 5.41) is 16.9. The molecule has 1 aliphatic rings. The van der Waals surface area contributed by atoms with Gasteiger partial charge >= 0.3 is 0 Å². The van der Waals surface area contributed by atoms with Crippen LogP contribution in [0, 0.1) is 12.8 Å². The minimum absolute atomic E-state index is 0.0339. The summed E-state index contributed by atoms with van der Waals surface area (Å²) in [5.74, 6) is 1.16. The van der Waals surface area contributed by atoms with Crippen LogP contribution >= 0.6 is 11.3 Å². The van der Waals surface area contributed by atoms with Crippen molar-refractivity contribution in [2.24, 2.45) is 5.92 Å². The summed E-state index contributed by atoms with van der Waals surface area (Å²) in [6.45, 7) is 5.05. The summed E-state index contributed by atoms with van der Waals surface area (Å²) in [7, 11) is 0. The lowest BCUT2D eigenvalue weighted by atomic mass is 9.89. The van der Waals surface area contributed by atoms with Gasteiger partial charge in [0.25, 0.3) is 5.91 Å². The summed E-state index contributed by atoms with van der Waals surface area (Å²) in [4.78, 5) is 24.0. The number of fused-ring (bicyclic) bond motifs is 5. The smallest absolute Gasteiger partial charge is 0.291 e. The number of aliphatic hydroxyl groups is 1. The van der Waals surface area contributed by atoms with Gasteiger partial charge in [0.15, 0.2) is 5.65 Å². The first-order valence-electron chi connectivity index (χ1n) is 9.23. The fraction of sp³-hybridized carbons (Fsp3) is 0.556. The maximum absolute atomic E-state index is 12.4. The molecule has 0 radical (unpaired) electrons. The third-order valence-corrected chi connectivity index (χ3v) is 6.05. The standard InChI is InChI=1S/C18H23N5O3S/c1-10-3-4-13-12(9-10)14-16-21-15(17(25)19-5-7-26-8-6-24)22-23(16)11(2)20-18(14)27-13/h10,24H,3-9H2,1-2H3,(H,19,25)/t10-/m0/s1. The van der Waals surface area contributed by atoms with Crippen molar-refractivity contribution in [3.05, 3.63) is 22.1 Å². The molecule has 9 heteroatoms. The lowest BCUT2D eigenvalue weighted by molar-refractivity contribution is 0.0832. The number of aryl methyl sites for hydroxylation is 2. The molecule has 144 valence electrons. The zero-order valence-electron chi connectivity index (χ0n) is 15.5. The van der Waals surface area contributed by atoms with Crippen LogP contribution in [0.3, 0.4) is 0 Å². The molecule has 2 N–H and O–H groups in total. The highest BCUT2D eigenvalue weighted by molar-refractivity contribution is 7.19. The molecule has 3 aromatic heterocycles. The van der Waals surface area contributed by atoms with E-state index in [1.807, 2.05) is 6.92 Å². The Morgan fingerprint density at radius 1 is 1.41 bits per heavy atom. The van der Waals surface area contributed by atoms with E-state index in [-0.39, 0.29) is 24.9 Å². The number of nitrogens with one attached hydrogen (secondary N) is 1. The van der Waals surface area contributed by atoms with Crippen molar-refractivity contribution in [3.63, 3.8) is 0 Å². The summed E-state index contributed by atoms with van der Waals surface area (Å²) in [5.41, 5.74) is 2.04. The van der Waals surface area contributed by atoms with Gasteiger partial charge in [0.1, 0.15) is 10.7 Å². The van der Waals surface area contributed by atoms with Crippen LogP contribution in [0.5, 0.6) is 0 Å². The number of carbonyl (C=O) groups is 1. The second kappa shape index (κ2) is 7.49. The van der Waals surface area contributed by atoms with Gasteiger partial charge in [-0.2, -0.15) is 4.52 Å². The zero-order chi connectivity index (χ0) is 19.0. The number of hydrogen-bond acceptors (Lipinski definition) is 7. The molecule has 0 bridgehead atoms. The molecule has 3 aromatic rings. The van der Waals surface area contributed by atoms with Crippen LogP contribution in [-0.2, 0) is 17.6 Å². The van der Waals surface area contributed by atoms with E-state index in [1.54, 1.807) is 15.9 Å². The van der Waals surface area contributed by atoms with Gasteiger partial charge in [-0.25, -0.2) is 9.97 Å². The van der Waals surface area contributed by atoms with Crippen LogP contribution in [0.2, 0.25) is 0 Å². The number of carbonyl (C=O) groups excluding carboxylic acids is 1. The number of aliphatic hydroxyl groups excluding tert-OH is 1. The molecule has 0 saturated carbocycles. The highest BCUT2D eigenvalue weighted by Gasteiger charge is 2.25. The van der Waals surface area contributed by atoms with Gasteiger partial charge in [-0.15, -0.1) is 16.4 Å². The monoisotopic (exact) mass is 389 g/mol. The zero-order valence-corrected chi connectivity index (χ0v) is 16.3. The molecule has 0 aromatic carbocycles. The van der Waals surface area contributed by atoms with E-state index in [1.165, 1.54) is 16.9 Å². The SMILES string of the molecule is Cc1nc2sc3c(c2c2nc(C(=O)NCCOCCO)nn12)C[C@@H](C)CC3. The van der Waals surface area contributed by atoms with E-state index in [0.29, 0.717) is 24.7 Å². The van der Waals surface area contributed by atoms with Crippen LogP contribution < -0.4 is 5.32 Å². The van der Waals surface area contributed by atoms with Crippen molar-refractivity contribution in [1.29, 1.82) is 0 Å². The second-order valence-corrected chi connectivity index (χ2v) is 8.04. The number of aromatic nitrogens is 4. The normalized spacial score (nSPS) is 16.8. The number of amides is 1. The second-order valence-electron chi connectivity index (χ2n) is 6.95. The fourth-order valence-corrected chi connectivity index (χ4v) is 4.78. The molecule has 0 saturated heterocycles. The van der Waals surface area contributed by atoms with E-state index in [9.17, 15) is 4.79 Å². The Morgan fingerprint density at radius 3 is 3.07 bits per heavy atom. The summed E-state index contributed by atoms with van der Waals surface area (Å²) < 4.78 is 6.82. The summed E-state index contributed by atoms with van der Waals surface area (Å²) >= 11 is 1.74. The van der Waals surface area contributed by atoms with Gasteiger partial charge in [-0.05, 0) is 37.7 Å². The van der Waals surface area contributed by atoms with Crippen molar-refractivity contribution in [2.75, 3.05) is 26.4 Å². The van der Waals surface area contributed by atoms with Crippen molar-refractivity contribution >= 4 is 33.1 Å². The molecule has 0 spiro atoms. The molecule has 1 amide bonds. The minimum atomic E-state index is -0.337. The van der Waals surface area contributed by atoms with Crippen LogP contribution in [0.15, 0.2) is 0 Å². The Bertz CT molecular complexity index is 996. The molecular formula is C18H23N5O3S. The summed E-state index contributed by atoms with van der Waals surface area (Å²) in [6.07, 6.45) is 3.30. The highest BCUT2D eigenvalue weighted by Crippen LogP contribution is 2.38. The molecule has 8 nitrogen and oxygen atoms in total. The van der Waals surface area contributed by atoms with Crippen molar-refractivity contribution < 1.29 is 14.6 Å². The Morgan fingerprint density at radius 2 is 2.26 bits per heavy atom. The molecule has 3 heterocycles. The van der Waals surface area contributed by atoms with Gasteiger partial charge in [0.05, 0.1) is 25.2 Å². The van der Waals surface area contributed by atoms with E-state index < -0.39 is 0 Å². The van der Waals surface area contributed by atoms with Crippen molar-refractivity contribution in [2.45, 2.75) is 33.1 Å². The predicted octanol–water partition coefficient (Wildman–Crippen LogP) is 1.51. The molecule has 1 atom stereocenters. The first-order valence-corrected chi connectivity index (χ1v) is 10.0. The quantitative estimate of drug-likeness (QED) is 0.620. The lowest BCUT2D eigenvalue weighted by Gasteiger charge is -2.17. The van der Waals surface area contributed by atoms with E-state index in [0.717, 1.165) is 28.9 Å². The highest BCUT2D eigenvalue weighted by atomic mass is 32.1. The number of nitrogens with zero attached hydrogens (tertiary/aromatic N) is 4. The first kappa shape index (κ1) is 18.3. The maximum atomic E-state index is 12.4. The van der Waals surface area contributed by atoms with E-state index in [2.05, 4.69) is 22.3 Å². The van der Waals surface area contributed by atoms with Gasteiger partial charge < -0.3 is 15.2 Å². The topological polar surface area (TPSA) is 102 Å². The minimum Gasteiger partial charge on any atom is -0.394 e. The molecule has 4 rings (SSSR count). The summed E-state index contributed by atoms with van der Waals surface area (Å²) in [6, 6.07) is 0. The van der Waals surface area contributed by atoms with Crippen LogP contribution in [0.4, 0.5) is 0 Å². The molecule has 0 aliphatic heterocycles. The third-order valence-electron chi connectivity index (χ3n) is 4.86. The lowest BCUT2D eigenvalue weighted by Crippen LogP contribution is -2.28. The van der Waals surface area contributed by atoms with Crippen LogP contribution in [0.25, 0.3) is 15.9 Å². The number of rotatable bonds is 6. The van der Waals surface area contributed by atoms with Gasteiger partial charge in [0.2, 0.25) is 5.82 Å². The van der Waals surface area contributed by atoms with Crippen LogP contribution in [-0.4, -0.2) is 57.0 Å². The van der Waals surface area contributed by atoms with Crippen molar-refractivity contribution in [3.8, 4) is 0 Å². The Balaban J connectivity index is 1.67. The Hall–Kier alpha value is -2.10. The number of hydrogen-bond donors (Lipinski definition) is 2. The Kier molecular flexibility index (Phi) is 5.07.